The molecular formula is C13H17BrN2O3. The van der Waals surface area contributed by atoms with Gasteiger partial charge in [0, 0.05) is 4.47 Å². The van der Waals surface area contributed by atoms with Gasteiger partial charge in [-0.3, -0.25) is 9.59 Å². The molecule has 3 N–H and O–H groups in total. The Morgan fingerprint density at radius 1 is 1.37 bits per heavy atom. The van der Waals surface area contributed by atoms with Crippen molar-refractivity contribution in [2.45, 2.75) is 25.4 Å². The molecule has 5 nitrogen and oxygen atoms in total. The average Bonchev–Trinajstić information content (AvgIpc) is 2.38. The molecule has 0 bridgehead atoms. The zero-order chi connectivity index (χ0) is 14.4. The third kappa shape index (κ3) is 5.00. The second kappa shape index (κ2) is 7.25. The number of esters is 1. The van der Waals surface area contributed by atoms with E-state index in [-0.39, 0.29) is 12.3 Å². The first kappa shape index (κ1) is 15.7. The number of methoxy groups -OCH3 is 1. The summed E-state index contributed by atoms with van der Waals surface area (Å²) >= 11 is 3.33. The van der Waals surface area contributed by atoms with E-state index in [0.717, 1.165) is 10.0 Å². The van der Waals surface area contributed by atoms with Gasteiger partial charge in [0.25, 0.3) is 0 Å². The molecular weight excluding hydrogens is 312 g/mol. The van der Waals surface area contributed by atoms with Crippen molar-refractivity contribution in [3.63, 3.8) is 0 Å². The molecule has 0 fully saturated rings. The molecule has 1 unspecified atom stereocenters. The first-order valence-electron chi connectivity index (χ1n) is 5.82. The molecule has 0 aliphatic carbocycles. The fraction of sp³-hybridized carbons (Fsp3) is 0.385. The normalized spacial score (nSPS) is 13.5. The number of ether oxygens (including phenoxy) is 1. The van der Waals surface area contributed by atoms with Crippen molar-refractivity contribution in [3.05, 3.63) is 34.3 Å². The van der Waals surface area contributed by atoms with Crippen LogP contribution in [0.5, 0.6) is 0 Å². The number of hydrogen-bond donors (Lipinski definition) is 2. The topological polar surface area (TPSA) is 81.4 Å². The van der Waals surface area contributed by atoms with Crippen molar-refractivity contribution in [2.24, 2.45) is 5.73 Å². The molecule has 0 saturated carbocycles. The van der Waals surface area contributed by atoms with E-state index >= 15 is 0 Å². The fourth-order valence-electron chi connectivity index (χ4n) is 1.50. The zero-order valence-electron chi connectivity index (χ0n) is 10.9. The Bertz CT molecular complexity index is 446. The van der Waals surface area contributed by atoms with Gasteiger partial charge in [-0.15, -0.1) is 0 Å². The highest BCUT2D eigenvalue weighted by Crippen LogP contribution is 2.20. The molecule has 1 aromatic rings. The van der Waals surface area contributed by atoms with Gasteiger partial charge in [-0.05, 0) is 24.6 Å². The summed E-state index contributed by atoms with van der Waals surface area (Å²) in [6, 6.07) is 6.28. The highest BCUT2D eigenvalue weighted by atomic mass is 79.9. The van der Waals surface area contributed by atoms with Crippen molar-refractivity contribution in [1.29, 1.82) is 0 Å². The van der Waals surface area contributed by atoms with Gasteiger partial charge in [0.1, 0.15) is 0 Å². The minimum Gasteiger partial charge on any atom is -0.469 e. The number of amides is 1. The highest BCUT2D eigenvalue weighted by molar-refractivity contribution is 9.10. The van der Waals surface area contributed by atoms with E-state index < -0.39 is 18.1 Å². The van der Waals surface area contributed by atoms with E-state index in [9.17, 15) is 9.59 Å². The van der Waals surface area contributed by atoms with Gasteiger partial charge in [0.2, 0.25) is 5.91 Å². The standard InChI is InChI=1S/C13H17BrN2O3/c1-8(15)13(18)16-11(7-12(17)19-2)9-3-5-10(14)6-4-9/h3-6,8,11H,7,15H2,1-2H3,(H,16,18)/t8-,11?/m0/s1. The van der Waals surface area contributed by atoms with Crippen LogP contribution >= 0.6 is 15.9 Å². The van der Waals surface area contributed by atoms with Crippen LogP contribution in [0.15, 0.2) is 28.7 Å². The molecule has 1 amide bonds. The summed E-state index contributed by atoms with van der Waals surface area (Å²) in [7, 11) is 1.31. The van der Waals surface area contributed by atoms with Crippen molar-refractivity contribution in [3.8, 4) is 0 Å². The van der Waals surface area contributed by atoms with Crippen molar-refractivity contribution >= 4 is 27.8 Å². The fourth-order valence-corrected chi connectivity index (χ4v) is 1.76. The van der Waals surface area contributed by atoms with Crippen LogP contribution < -0.4 is 11.1 Å². The van der Waals surface area contributed by atoms with Gasteiger partial charge in [0.15, 0.2) is 0 Å². The number of rotatable bonds is 5. The Kier molecular flexibility index (Phi) is 5.98. The number of halogens is 1. The van der Waals surface area contributed by atoms with Gasteiger partial charge < -0.3 is 15.8 Å². The summed E-state index contributed by atoms with van der Waals surface area (Å²) < 4.78 is 5.56. The molecule has 0 spiro atoms. The lowest BCUT2D eigenvalue weighted by Gasteiger charge is -2.19. The van der Waals surface area contributed by atoms with Crippen molar-refractivity contribution in [1.82, 2.24) is 5.32 Å². The van der Waals surface area contributed by atoms with Crippen LogP contribution in [-0.2, 0) is 14.3 Å². The maximum absolute atomic E-state index is 11.7. The second-order valence-electron chi connectivity index (χ2n) is 4.18. The predicted molar refractivity (Wildman–Crippen MR) is 75.3 cm³/mol. The van der Waals surface area contributed by atoms with Gasteiger partial charge in [-0.2, -0.15) is 0 Å². The number of benzene rings is 1. The first-order valence-corrected chi connectivity index (χ1v) is 6.61. The SMILES string of the molecule is COC(=O)CC(NC(=O)[C@H](C)N)c1ccc(Br)cc1. The molecule has 0 aliphatic rings. The van der Waals surface area contributed by atoms with E-state index in [1.165, 1.54) is 7.11 Å². The Balaban J connectivity index is 2.88. The molecule has 0 radical (unpaired) electrons. The van der Waals surface area contributed by atoms with Crippen LogP contribution in [0, 0.1) is 0 Å². The lowest BCUT2D eigenvalue weighted by molar-refractivity contribution is -0.141. The first-order chi connectivity index (χ1) is 8.93. The van der Waals surface area contributed by atoms with Crippen molar-refractivity contribution in [2.75, 3.05) is 7.11 Å². The third-order valence-corrected chi connectivity index (χ3v) is 3.13. The summed E-state index contributed by atoms with van der Waals surface area (Å²) in [4.78, 5) is 23.1. The lowest BCUT2D eigenvalue weighted by atomic mass is 10.0. The Morgan fingerprint density at radius 2 is 1.95 bits per heavy atom. The van der Waals surface area contributed by atoms with Crippen LogP contribution in [0.4, 0.5) is 0 Å². The number of nitrogens with one attached hydrogen (secondary N) is 1. The quantitative estimate of drug-likeness (QED) is 0.803. The van der Waals surface area contributed by atoms with Crippen LogP contribution in [0.1, 0.15) is 24.9 Å². The number of nitrogens with two attached hydrogens (primary N) is 1. The van der Waals surface area contributed by atoms with E-state index in [1.807, 2.05) is 24.3 Å². The molecule has 104 valence electrons. The second-order valence-corrected chi connectivity index (χ2v) is 5.10. The smallest absolute Gasteiger partial charge is 0.307 e. The van der Waals surface area contributed by atoms with Gasteiger partial charge in [-0.25, -0.2) is 0 Å². The van der Waals surface area contributed by atoms with E-state index in [0.29, 0.717) is 0 Å². The molecule has 2 atom stereocenters. The third-order valence-electron chi connectivity index (χ3n) is 2.60. The summed E-state index contributed by atoms with van der Waals surface area (Å²) in [6.07, 6.45) is 0.0661. The molecule has 0 heterocycles. The Labute approximate surface area is 120 Å². The summed E-state index contributed by atoms with van der Waals surface area (Å²) in [5.74, 6) is -0.699. The molecule has 0 aromatic heterocycles. The zero-order valence-corrected chi connectivity index (χ0v) is 12.4. The minimum atomic E-state index is -0.629. The minimum absolute atomic E-state index is 0.0661. The maximum atomic E-state index is 11.7. The highest BCUT2D eigenvalue weighted by Gasteiger charge is 2.20. The maximum Gasteiger partial charge on any atom is 0.307 e. The predicted octanol–water partition coefficient (Wildman–Crippen LogP) is 1.52. The lowest BCUT2D eigenvalue weighted by Crippen LogP contribution is -2.41. The molecule has 19 heavy (non-hydrogen) atoms. The van der Waals surface area contributed by atoms with Crippen LogP contribution in [0.2, 0.25) is 0 Å². The van der Waals surface area contributed by atoms with Crippen LogP contribution in [-0.4, -0.2) is 25.0 Å². The number of carbonyl (C=O) groups excluding carboxylic acids is 2. The summed E-state index contributed by atoms with van der Waals surface area (Å²) in [5.41, 5.74) is 6.34. The molecule has 0 saturated heterocycles. The Morgan fingerprint density at radius 3 is 2.42 bits per heavy atom. The van der Waals surface area contributed by atoms with E-state index in [4.69, 9.17) is 5.73 Å². The molecule has 0 aliphatic heterocycles. The van der Waals surface area contributed by atoms with E-state index in [1.54, 1.807) is 6.92 Å². The Hall–Kier alpha value is -1.40. The summed E-state index contributed by atoms with van der Waals surface area (Å²) in [6.45, 7) is 1.59. The van der Waals surface area contributed by atoms with Gasteiger partial charge >= 0.3 is 5.97 Å². The van der Waals surface area contributed by atoms with Crippen molar-refractivity contribution < 1.29 is 14.3 Å². The van der Waals surface area contributed by atoms with Crippen LogP contribution in [0.3, 0.4) is 0 Å². The molecule has 1 rings (SSSR count). The molecule has 6 heteroatoms. The van der Waals surface area contributed by atoms with E-state index in [2.05, 4.69) is 26.0 Å². The number of carbonyl (C=O) groups is 2. The largest absolute Gasteiger partial charge is 0.469 e. The van der Waals surface area contributed by atoms with Gasteiger partial charge in [0.05, 0.1) is 25.6 Å². The van der Waals surface area contributed by atoms with Gasteiger partial charge in [-0.1, -0.05) is 28.1 Å². The molecule has 1 aromatic carbocycles. The average molecular weight is 329 g/mol. The monoisotopic (exact) mass is 328 g/mol. The van der Waals surface area contributed by atoms with Crippen LogP contribution in [0.25, 0.3) is 0 Å². The summed E-state index contributed by atoms with van der Waals surface area (Å²) in [5, 5.41) is 2.74. The number of hydrogen-bond acceptors (Lipinski definition) is 4.